The number of hydrogen-bond donors (Lipinski definition) is 0. The average molecular weight is 411 g/mol. The van der Waals surface area contributed by atoms with Crippen molar-refractivity contribution in [2.45, 2.75) is 11.6 Å². The van der Waals surface area contributed by atoms with Gasteiger partial charge >= 0.3 is 0 Å². The maximum absolute atomic E-state index is 7.02. The standard InChI is InChI=1S/C28H26O3/c1-29-27(23-15-7-3-8-16-23,24-17-9-4-10-18-24)31-28(30-2,25-19-11-5-12-20-25)26-21-13-6-14-22-26/h3-22H,1-2H3. The van der Waals surface area contributed by atoms with E-state index in [1.54, 1.807) is 14.2 Å². The fourth-order valence-electron chi connectivity index (χ4n) is 3.96. The molecule has 0 radical (unpaired) electrons. The van der Waals surface area contributed by atoms with E-state index in [1.807, 2.05) is 121 Å². The Kier molecular flexibility index (Phi) is 6.28. The third kappa shape index (κ3) is 3.91. The largest absolute Gasteiger partial charge is 0.345 e. The average Bonchev–Trinajstić information content (AvgIpc) is 2.87. The molecule has 0 aromatic heterocycles. The van der Waals surface area contributed by atoms with Gasteiger partial charge in [0.25, 0.3) is 0 Å². The van der Waals surface area contributed by atoms with E-state index in [0.717, 1.165) is 22.3 Å². The quantitative estimate of drug-likeness (QED) is 0.329. The van der Waals surface area contributed by atoms with Gasteiger partial charge < -0.3 is 14.2 Å². The molecule has 0 spiro atoms. The predicted octanol–water partition coefficient (Wildman–Crippen LogP) is 6.10. The molecule has 0 aliphatic rings. The molecular formula is C28H26O3. The number of methoxy groups -OCH3 is 2. The highest BCUT2D eigenvalue weighted by atomic mass is 16.8. The summed E-state index contributed by atoms with van der Waals surface area (Å²) in [4.78, 5) is 0. The minimum absolute atomic E-state index is 0.872. The van der Waals surface area contributed by atoms with Crippen LogP contribution in [-0.4, -0.2) is 14.2 Å². The maximum Gasteiger partial charge on any atom is 0.225 e. The van der Waals surface area contributed by atoms with E-state index in [4.69, 9.17) is 14.2 Å². The highest BCUT2D eigenvalue weighted by Gasteiger charge is 2.47. The topological polar surface area (TPSA) is 27.7 Å². The van der Waals surface area contributed by atoms with Gasteiger partial charge in [0.05, 0.1) is 0 Å². The normalized spacial score (nSPS) is 11.9. The van der Waals surface area contributed by atoms with Crippen molar-refractivity contribution in [1.82, 2.24) is 0 Å². The molecule has 0 N–H and O–H groups in total. The van der Waals surface area contributed by atoms with E-state index in [9.17, 15) is 0 Å². The summed E-state index contributed by atoms with van der Waals surface area (Å²) in [5, 5.41) is 0. The molecule has 0 aliphatic heterocycles. The van der Waals surface area contributed by atoms with Crippen molar-refractivity contribution in [3.8, 4) is 0 Å². The van der Waals surface area contributed by atoms with Crippen molar-refractivity contribution < 1.29 is 14.2 Å². The van der Waals surface area contributed by atoms with Crippen molar-refractivity contribution in [2.24, 2.45) is 0 Å². The van der Waals surface area contributed by atoms with Crippen LogP contribution in [0.25, 0.3) is 0 Å². The molecule has 0 fully saturated rings. The van der Waals surface area contributed by atoms with Crippen molar-refractivity contribution in [2.75, 3.05) is 14.2 Å². The van der Waals surface area contributed by atoms with Crippen molar-refractivity contribution >= 4 is 0 Å². The second-order valence-corrected chi connectivity index (χ2v) is 7.21. The van der Waals surface area contributed by atoms with Gasteiger partial charge in [-0.05, 0) is 0 Å². The number of rotatable bonds is 8. The smallest absolute Gasteiger partial charge is 0.225 e. The van der Waals surface area contributed by atoms with Crippen LogP contribution in [0.4, 0.5) is 0 Å². The van der Waals surface area contributed by atoms with E-state index in [0.29, 0.717) is 0 Å². The Morgan fingerprint density at radius 1 is 0.387 bits per heavy atom. The van der Waals surface area contributed by atoms with Crippen LogP contribution in [-0.2, 0) is 25.8 Å². The summed E-state index contributed by atoms with van der Waals surface area (Å²) in [6.45, 7) is 0. The van der Waals surface area contributed by atoms with Crippen LogP contribution in [0.5, 0.6) is 0 Å². The van der Waals surface area contributed by atoms with Crippen molar-refractivity contribution in [3.63, 3.8) is 0 Å². The van der Waals surface area contributed by atoms with Crippen LogP contribution < -0.4 is 0 Å². The first kappa shape index (κ1) is 21.0. The molecule has 0 aliphatic carbocycles. The van der Waals surface area contributed by atoms with Crippen LogP contribution in [0, 0.1) is 0 Å². The molecular weight excluding hydrogens is 384 g/mol. The lowest BCUT2D eigenvalue weighted by Crippen LogP contribution is -2.45. The Balaban J connectivity index is 1.98. The molecule has 0 saturated carbocycles. The monoisotopic (exact) mass is 410 g/mol. The number of ether oxygens (including phenoxy) is 3. The summed E-state index contributed by atoms with van der Waals surface area (Å²) in [5.41, 5.74) is 3.49. The first-order valence-electron chi connectivity index (χ1n) is 10.3. The highest BCUT2D eigenvalue weighted by Crippen LogP contribution is 2.45. The van der Waals surface area contributed by atoms with Gasteiger partial charge in [-0.3, -0.25) is 0 Å². The Hall–Kier alpha value is -3.24. The highest BCUT2D eigenvalue weighted by molar-refractivity contribution is 5.38. The molecule has 4 rings (SSSR count). The van der Waals surface area contributed by atoms with E-state index in [2.05, 4.69) is 0 Å². The van der Waals surface area contributed by atoms with Gasteiger partial charge in [-0.1, -0.05) is 121 Å². The Morgan fingerprint density at radius 3 is 0.806 bits per heavy atom. The SMILES string of the molecule is COC(OC(OC)(c1ccccc1)c1ccccc1)(c1ccccc1)c1ccccc1. The van der Waals surface area contributed by atoms with Crippen LogP contribution in [0.15, 0.2) is 121 Å². The zero-order chi connectivity index (χ0) is 21.6. The number of benzene rings is 4. The lowest BCUT2D eigenvalue weighted by molar-refractivity contribution is -0.330. The molecule has 0 amide bonds. The van der Waals surface area contributed by atoms with E-state index in [-0.39, 0.29) is 0 Å². The first-order chi connectivity index (χ1) is 15.2. The molecule has 0 heterocycles. The summed E-state index contributed by atoms with van der Waals surface area (Å²) in [6, 6.07) is 39.8. The van der Waals surface area contributed by atoms with Gasteiger partial charge in [-0.2, -0.15) is 0 Å². The van der Waals surface area contributed by atoms with Gasteiger partial charge in [-0.25, -0.2) is 0 Å². The van der Waals surface area contributed by atoms with Crippen molar-refractivity contribution in [3.05, 3.63) is 144 Å². The van der Waals surface area contributed by atoms with E-state index < -0.39 is 11.6 Å². The van der Waals surface area contributed by atoms with Gasteiger partial charge in [0.1, 0.15) is 0 Å². The summed E-state index contributed by atoms with van der Waals surface area (Å²) in [5.74, 6) is -2.41. The molecule has 3 nitrogen and oxygen atoms in total. The Bertz CT molecular complexity index is 896. The zero-order valence-corrected chi connectivity index (χ0v) is 17.8. The lowest BCUT2D eigenvalue weighted by atomic mass is 9.93. The second kappa shape index (κ2) is 9.27. The van der Waals surface area contributed by atoms with E-state index in [1.165, 1.54) is 0 Å². The van der Waals surface area contributed by atoms with Gasteiger partial charge in [0, 0.05) is 36.5 Å². The van der Waals surface area contributed by atoms with Gasteiger partial charge in [0.2, 0.25) is 11.6 Å². The predicted molar refractivity (Wildman–Crippen MR) is 122 cm³/mol. The summed E-state index contributed by atoms with van der Waals surface area (Å²) < 4.78 is 19.4. The maximum atomic E-state index is 7.02. The summed E-state index contributed by atoms with van der Waals surface area (Å²) in [6.07, 6.45) is 0. The van der Waals surface area contributed by atoms with Crippen LogP contribution in [0.3, 0.4) is 0 Å². The Labute approximate surface area is 183 Å². The lowest BCUT2D eigenvalue weighted by Gasteiger charge is -2.43. The molecule has 0 bridgehead atoms. The molecule has 0 atom stereocenters. The molecule has 3 heteroatoms. The summed E-state index contributed by atoms with van der Waals surface area (Å²) >= 11 is 0. The number of hydrogen-bond acceptors (Lipinski definition) is 3. The fourth-order valence-corrected chi connectivity index (χ4v) is 3.96. The minimum atomic E-state index is -1.20. The zero-order valence-electron chi connectivity index (χ0n) is 17.8. The molecule has 31 heavy (non-hydrogen) atoms. The molecule has 156 valence electrons. The van der Waals surface area contributed by atoms with Crippen molar-refractivity contribution in [1.29, 1.82) is 0 Å². The van der Waals surface area contributed by atoms with Gasteiger partial charge in [0.15, 0.2) is 0 Å². The van der Waals surface area contributed by atoms with Crippen LogP contribution in [0.1, 0.15) is 22.3 Å². The molecule has 0 unspecified atom stereocenters. The summed E-state index contributed by atoms with van der Waals surface area (Å²) in [7, 11) is 3.33. The van der Waals surface area contributed by atoms with E-state index >= 15 is 0 Å². The minimum Gasteiger partial charge on any atom is -0.345 e. The molecule has 4 aromatic rings. The van der Waals surface area contributed by atoms with Crippen LogP contribution >= 0.6 is 0 Å². The molecule has 0 saturated heterocycles. The molecule has 4 aromatic carbocycles. The third-order valence-corrected chi connectivity index (χ3v) is 5.48. The first-order valence-corrected chi connectivity index (χ1v) is 10.3. The second-order valence-electron chi connectivity index (χ2n) is 7.21. The third-order valence-electron chi connectivity index (χ3n) is 5.48. The van der Waals surface area contributed by atoms with Gasteiger partial charge in [-0.15, -0.1) is 0 Å². The Morgan fingerprint density at radius 2 is 0.613 bits per heavy atom. The van der Waals surface area contributed by atoms with Crippen LogP contribution in [0.2, 0.25) is 0 Å². The fraction of sp³-hybridized carbons (Fsp3) is 0.143.